The van der Waals surface area contributed by atoms with Gasteiger partial charge in [0, 0.05) is 6.54 Å². The highest BCUT2D eigenvalue weighted by Gasteiger charge is 2.45. The molecule has 0 unspecified atom stereocenters. The minimum absolute atomic E-state index is 0. The number of hydrogen-bond donors (Lipinski definition) is 2. The molecule has 6 heteroatoms. The first-order valence-corrected chi connectivity index (χ1v) is 6.46. The van der Waals surface area contributed by atoms with Crippen molar-refractivity contribution in [2.24, 2.45) is 5.73 Å². The molecule has 5 nitrogen and oxygen atoms in total. The van der Waals surface area contributed by atoms with Crippen molar-refractivity contribution in [3.8, 4) is 11.5 Å². The number of halogens is 1. The Morgan fingerprint density at radius 1 is 1.40 bits per heavy atom. The number of benzene rings is 1. The summed E-state index contributed by atoms with van der Waals surface area (Å²) >= 11 is 0. The molecule has 0 aromatic heterocycles. The molecule has 1 saturated carbocycles. The van der Waals surface area contributed by atoms with E-state index in [4.69, 9.17) is 15.2 Å². The van der Waals surface area contributed by atoms with Gasteiger partial charge in [-0.25, -0.2) is 0 Å². The van der Waals surface area contributed by atoms with Crippen molar-refractivity contribution < 1.29 is 14.3 Å². The van der Waals surface area contributed by atoms with Gasteiger partial charge in [0.2, 0.25) is 5.91 Å². The number of hydrogen-bond acceptors (Lipinski definition) is 4. The maximum absolute atomic E-state index is 11.7. The number of nitrogens with one attached hydrogen (secondary N) is 1. The van der Waals surface area contributed by atoms with Gasteiger partial charge in [0.15, 0.2) is 11.5 Å². The molecule has 20 heavy (non-hydrogen) atoms. The Hall–Kier alpha value is -1.46. The minimum Gasteiger partial charge on any atom is -0.493 e. The summed E-state index contributed by atoms with van der Waals surface area (Å²) in [5.74, 6) is 1.29. The predicted molar refractivity (Wildman–Crippen MR) is 79.4 cm³/mol. The van der Waals surface area contributed by atoms with Gasteiger partial charge >= 0.3 is 0 Å². The van der Waals surface area contributed by atoms with E-state index in [2.05, 4.69) is 5.32 Å². The molecule has 3 N–H and O–H groups in total. The van der Waals surface area contributed by atoms with E-state index < -0.39 is 5.54 Å². The monoisotopic (exact) mass is 300 g/mol. The van der Waals surface area contributed by atoms with Crippen molar-refractivity contribution in [2.45, 2.75) is 31.8 Å². The molecule has 0 radical (unpaired) electrons. The Balaban J connectivity index is 0.00000200. The lowest BCUT2D eigenvalue weighted by atomic mass is 10.2. The number of amides is 1. The number of methoxy groups -OCH3 is 1. The molecule has 1 aromatic rings. The molecular formula is C14H21ClN2O3. The molecule has 112 valence electrons. The van der Waals surface area contributed by atoms with Crippen LogP contribution in [0, 0.1) is 0 Å². The van der Waals surface area contributed by atoms with Crippen LogP contribution in [0.4, 0.5) is 0 Å². The highest BCUT2D eigenvalue weighted by Crippen LogP contribution is 2.32. The molecule has 1 aliphatic carbocycles. The van der Waals surface area contributed by atoms with Crippen molar-refractivity contribution >= 4 is 18.3 Å². The number of ether oxygens (including phenoxy) is 2. The van der Waals surface area contributed by atoms with E-state index in [1.54, 1.807) is 7.11 Å². The molecule has 0 bridgehead atoms. The van der Waals surface area contributed by atoms with E-state index in [0.717, 1.165) is 18.4 Å². The lowest BCUT2D eigenvalue weighted by Crippen LogP contribution is -2.42. The molecule has 0 aliphatic heterocycles. The fourth-order valence-electron chi connectivity index (χ4n) is 1.82. The molecule has 0 saturated heterocycles. The molecule has 0 heterocycles. The van der Waals surface area contributed by atoms with Crippen LogP contribution in [0.15, 0.2) is 18.2 Å². The quantitative estimate of drug-likeness (QED) is 0.837. The summed E-state index contributed by atoms with van der Waals surface area (Å²) in [7, 11) is 1.60. The first-order valence-electron chi connectivity index (χ1n) is 6.46. The Labute approximate surface area is 125 Å². The fraction of sp³-hybridized carbons (Fsp3) is 0.500. The van der Waals surface area contributed by atoms with E-state index in [9.17, 15) is 4.79 Å². The molecule has 2 rings (SSSR count). The van der Waals surface area contributed by atoms with Crippen molar-refractivity contribution in [2.75, 3.05) is 13.7 Å². The first-order chi connectivity index (χ1) is 9.09. The van der Waals surface area contributed by atoms with Gasteiger partial charge in [0.05, 0.1) is 19.3 Å². The van der Waals surface area contributed by atoms with Crippen LogP contribution in [0.1, 0.15) is 25.3 Å². The number of carbonyl (C=O) groups excluding carboxylic acids is 1. The summed E-state index contributed by atoms with van der Waals surface area (Å²) in [5.41, 5.74) is 6.14. The third-order valence-corrected chi connectivity index (χ3v) is 3.22. The van der Waals surface area contributed by atoms with E-state index >= 15 is 0 Å². The predicted octanol–water partition coefficient (Wildman–Crippen LogP) is 1.62. The van der Waals surface area contributed by atoms with Crippen LogP contribution in [0.3, 0.4) is 0 Å². The molecule has 1 aromatic carbocycles. The normalized spacial score (nSPS) is 14.9. The maximum Gasteiger partial charge on any atom is 0.240 e. The van der Waals surface area contributed by atoms with E-state index in [1.165, 1.54) is 0 Å². The topological polar surface area (TPSA) is 73.6 Å². The number of nitrogens with two attached hydrogens (primary N) is 1. The largest absolute Gasteiger partial charge is 0.493 e. The highest BCUT2D eigenvalue weighted by molar-refractivity contribution is 5.88. The second-order valence-corrected chi connectivity index (χ2v) is 4.76. The third-order valence-electron chi connectivity index (χ3n) is 3.22. The Bertz CT molecular complexity index is 475. The average molecular weight is 301 g/mol. The van der Waals surface area contributed by atoms with Crippen molar-refractivity contribution in [3.63, 3.8) is 0 Å². The summed E-state index contributed by atoms with van der Waals surface area (Å²) in [5, 5.41) is 2.84. The van der Waals surface area contributed by atoms with Crippen molar-refractivity contribution in [3.05, 3.63) is 23.8 Å². The van der Waals surface area contributed by atoms with Gasteiger partial charge in [-0.2, -0.15) is 0 Å². The molecule has 0 spiro atoms. The van der Waals surface area contributed by atoms with Crippen molar-refractivity contribution in [1.29, 1.82) is 0 Å². The standard InChI is InChI=1S/C14H20N2O3.ClH/c1-3-19-11-5-4-10(8-12(11)18-2)9-16-13(17)14(15)6-7-14;/h4-5,8H,3,6-7,9,15H2,1-2H3,(H,16,17);1H. The molecule has 1 amide bonds. The smallest absolute Gasteiger partial charge is 0.240 e. The first kappa shape index (κ1) is 16.6. The molecule has 0 atom stereocenters. The van der Waals surface area contributed by atoms with Crippen LogP contribution in [-0.4, -0.2) is 25.2 Å². The summed E-state index contributed by atoms with van der Waals surface area (Å²) < 4.78 is 10.7. The minimum atomic E-state index is -0.630. The second-order valence-electron chi connectivity index (χ2n) is 4.76. The molecular weight excluding hydrogens is 280 g/mol. The fourth-order valence-corrected chi connectivity index (χ4v) is 1.82. The van der Waals surface area contributed by atoms with Gasteiger partial charge in [-0.1, -0.05) is 6.07 Å². The Morgan fingerprint density at radius 3 is 2.65 bits per heavy atom. The highest BCUT2D eigenvalue weighted by atomic mass is 35.5. The summed E-state index contributed by atoms with van der Waals surface area (Å²) in [6.07, 6.45) is 1.54. The van der Waals surface area contributed by atoms with Gasteiger partial charge in [-0.15, -0.1) is 12.4 Å². The van der Waals surface area contributed by atoms with Crippen LogP contribution in [0.25, 0.3) is 0 Å². The Morgan fingerprint density at radius 2 is 2.10 bits per heavy atom. The molecule has 1 aliphatic rings. The summed E-state index contributed by atoms with van der Waals surface area (Å²) in [6, 6.07) is 5.62. The van der Waals surface area contributed by atoms with Gasteiger partial charge < -0.3 is 20.5 Å². The van der Waals surface area contributed by atoms with Crippen LogP contribution < -0.4 is 20.5 Å². The van der Waals surface area contributed by atoms with Crippen LogP contribution in [0.5, 0.6) is 11.5 Å². The second kappa shape index (κ2) is 6.81. The zero-order valence-corrected chi connectivity index (χ0v) is 12.6. The third kappa shape index (κ3) is 3.77. The van der Waals surface area contributed by atoms with E-state index in [-0.39, 0.29) is 18.3 Å². The van der Waals surface area contributed by atoms with Crippen LogP contribution >= 0.6 is 12.4 Å². The number of carbonyl (C=O) groups is 1. The zero-order chi connectivity index (χ0) is 13.9. The molecule has 1 fully saturated rings. The van der Waals surface area contributed by atoms with Gasteiger partial charge in [-0.05, 0) is 37.5 Å². The van der Waals surface area contributed by atoms with Crippen LogP contribution in [0.2, 0.25) is 0 Å². The van der Waals surface area contributed by atoms with E-state index in [1.807, 2.05) is 25.1 Å². The SMILES string of the molecule is CCOc1ccc(CNC(=O)C2(N)CC2)cc1OC.Cl. The van der Waals surface area contributed by atoms with Gasteiger partial charge in [0.1, 0.15) is 0 Å². The van der Waals surface area contributed by atoms with Crippen molar-refractivity contribution in [1.82, 2.24) is 5.32 Å². The van der Waals surface area contributed by atoms with Gasteiger partial charge in [0.25, 0.3) is 0 Å². The van der Waals surface area contributed by atoms with E-state index in [0.29, 0.717) is 24.7 Å². The van der Waals surface area contributed by atoms with Crippen LogP contribution in [-0.2, 0) is 11.3 Å². The number of rotatable bonds is 6. The maximum atomic E-state index is 11.7. The Kier molecular flexibility index (Phi) is 5.65. The van der Waals surface area contributed by atoms with Gasteiger partial charge in [-0.3, -0.25) is 4.79 Å². The zero-order valence-electron chi connectivity index (χ0n) is 11.8. The summed E-state index contributed by atoms with van der Waals surface area (Å²) in [6.45, 7) is 2.95. The lowest BCUT2D eigenvalue weighted by Gasteiger charge is -2.13. The summed E-state index contributed by atoms with van der Waals surface area (Å²) in [4.78, 5) is 11.7. The lowest BCUT2D eigenvalue weighted by molar-refractivity contribution is -0.123. The average Bonchev–Trinajstić information content (AvgIpc) is 3.16.